The Kier molecular flexibility index (Phi) is 3.83. The van der Waals surface area contributed by atoms with Gasteiger partial charge in [-0.15, -0.1) is 11.3 Å². The molecule has 1 aliphatic rings. The van der Waals surface area contributed by atoms with Gasteiger partial charge in [-0.05, 0) is 48.5 Å². The zero-order valence-corrected chi connectivity index (χ0v) is 14.6. The Balaban J connectivity index is 2.39. The number of carbonyl (C=O) groups excluding carboxylic acids is 1. The Hall–Kier alpha value is -1.14. The van der Waals surface area contributed by atoms with Crippen molar-refractivity contribution in [3.05, 3.63) is 16.1 Å². The summed E-state index contributed by atoms with van der Waals surface area (Å²) in [7, 11) is 0. The molecule has 5 nitrogen and oxygen atoms in total. The second kappa shape index (κ2) is 4.95. The van der Waals surface area contributed by atoms with Crippen molar-refractivity contribution < 1.29 is 14.3 Å². The lowest BCUT2D eigenvalue weighted by Crippen LogP contribution is -2.54. The van der Waals surface area contributed by atoms with Crippen LogP contribution in [0, 0.1) is 6.92 Å². The first kappa shape index (κ1) is 16.2. The quantitative estimate of drug-likeness (QED) is 0.794. The SMILES string of the molecule is Cc1csc(C2(C)COC(C)(C)N2C(=O)OC(C)(C)C)n1. The summed E-state index contributed by atoms with van der Waals surface area (Å²) in [5, 5.41) is 2.86. The van der Waals surface area contributed by atoms with Crippen LogP contribution >= 0.6 is 11.3 Å². The average Bonchev–Trinajstić information content (AvgIpc) is 2.80. The predicted octanol–water partition coefficient (Wildman–Crippen LogP) is 3.67. The van der Waals surface area contributed by atoms with Crippen LogP contribution in [0.3, 0.4) is 0 Å². The molecule has 2 rings (SSSR count). The van der Waals surface area contributed by atoms with Gasteiger partial charge in [-0.25, -0.2) is 9.78 Å². The number of carbonyl (C=O) groups is 1. The molecule has 1 aromatic rings. The number of ether oxygens (including phenoxy) is 2. The topological polar surface area (TPSA) is 51.7 Å². The molecule has 1 aliphatic heterocycles. The summed E-state index contributed by atoms with van der Waals surface area (Å²) in [6, 6.07) is 0. The van der Waals surface area contributed by atoms with E-state index in [4.69, 9.17) is 9.47 Å². The van der Waals surface area contributed by atoms with Crippen LogP contribution in [0.4, 0.5) is 4.79 Å². The van der Waals surface area contributed by atoms with Gasteiger partial charge in [-0.3, -0.25) is 4.90 Å². The number of hydrogen-bond acceptors (Lipinski definition) is 5. The molecule has 0 N–H and O–H groups in total. The summed E-state index contributed by atoms with van der Waals surface area (Å²) in [4.78, 5) is 18.9. The van der Waals surface area contributed by atoms with E-state index < -0.39 is 16.9 Å². The monoisotopic (exact) mass is 312 g/mol. The molecule has 0 aliphatic carbocycles. The van der Waals surface area contributed by atoms with E-state index in [2.05, 4.69) is 4.98 Å². The van der Waals surface area contributed by atoms with Crippen molar-refractivity contribution in [1.29, 1.82) is 0 Å². The van der Waals surface area contributed by atoms with E-state index >= 15 is 0 Å². The molecule has 1 fully saturated rings. The molecule has 118 valence electrons. The van der Waals surface area contributed by atoms with Crippen LogP contribution in [0.1, 0.15) is 52.2 Å². The summed E-state index contributed by atoms with van der Waals surface area (Å²) >= 11 is 1.54. The van der Waals surface area contributed by atoms with Gasteiger partial charge in [-0.2, -0.15) is 0 Å². The van der Waals surface area contributed by atoms with Crippen LogP contribution in [0.5, 0.6) is 0 Å². The van der Waals surface area contributed by atoms with Crippen LogP contribution in [-0.2, 0) is 15.0 Å². The maximum Gasteiger partial charge on any atom is 0.413 e. The van der Waals surface area contributed by atoms with E-state index in [1.165, 1.54) is 0 Å². The van der Waals surface area contributed by atoms with Crippen LogP contribution in [0.15, 0.2) is 5.38 Å². The van der Waals surface area contributed by atoms with Crippen molar-refractivity contribution in [2.45, 2.75) is 65.3 Å². The van der Waals surface area contributed by atoms with Gasteiger partial charge in [0.05, 0.1) is 6.61 Å². The highest BCUT2D eigenvalue weighted by molar-refractivity contribution is 7.09. The van der Waals surface area contributed by atoms with Gasteiger partial charge in [0.25, 0.3) is 0 Å². The Morgan fingerprint density at radius 2 is 2.05 bits per heavy atom. The highest BCUT2D eigenvalue weighted by Gasteiger charge is 2.55. The lowest BCUT2D eigenvalue weighted by Gasteiger charge is -2.39. The molecule has 1 saturated heterocycles. The number of rotatable bonds is 1. The highest BCUT2D eigenvalue weighted by Crippen LogP contribution is 2.43. The van der Waals surface area contributed by atoms with Crippen LogP contribution in [0.2, 0.25) is 0 Å². The average molecular weight is 312 g/mol. The Bertz CT molecular complexity index is 547. The molecule has 1 aromatic heterocycles. The Labute approximate surface area is 130 Å². The molecule has 2 heterocycles. The van der Waals surface area contributed by atoms with Gasteiger partial charge in [0.2, 0.25) is 0 Å². The fourth-order valence-corrected chi connectivity index (χ4v) is 3.46. The molecule has 0 spiro atoms. The molecule has 1 atom stereocenters. The van der Waals surface area contributed by atoms with E-state index in [0.717, 1.165) is 10.7 Å². The lowest BCUT2D eigenvalue weighted by molar-refractivity contribution is -0.0684. The minimum Gasteiger partial charge on any atom is -0.444 e. The lowest BCUT2D eigenvalue weighted by atomic mass is 10.0. The van der Waals surface area contributed by atoms with E-state index in [1.807, 2.05) is 53.8 Å². The Morgan fingerprint density at radius 3 is 2.52 bits per heavy atom. The van der Waals surface area contributed by atoms with Crippen molar-refractivity contribution in [2.24, 2.45) is 0 Å². The standard InChI is InChI=1S/C15H24N2O3S/c1-10-8-21-11(16-10)15(7)9-19-14(5,6)17(15)12(18)20-13(2,3)4/h8H,9H2,1-7H3. The van der Waals surface area contributed by atoms with Crippen LogP contribution < -0.4 is 0 Å². The normalized spacial score (nSPS) is 25.2. The second-order valence-electron chi connectivity index (χ2n) is 7.12. The third-order valence-electron chi connectivity index (χ3n) is 3.39. The summed E-state index contributed by atoms with van der Waals surface area (Å²) in [6.45, 7) is 13.7. The number of hydrogen-bond donors (Lipinski definition) is 0. The van der Waals surface area contributed by atoms with E-state index in [0.29, 0.717) is 6.61 Å². The third kappa shape index (κ3) is 3.06. The molecule has 21 heavy (non-hydrogen) atoms. The van der Waals surface area contributed by atoms with Gasteiger partial charge >= 0.3 is 6.09 Å². The fraction of sp³-hybridized carbons (Fsp3) is 0.733. The summed E-state index contributed by atoms with van der Waals surface area (Å²) in [5.74, 6) is 0. The molecular weight excluding hydrogens is 288 g/mol. The minimum absolute atomic E-state index is 0.375. The van der Waals surface area contributed by atoms with Crippen molar-refractivity contribution >= 4 is 17.4 Å². The molecule has 6 heteroatoms. The molecule has 1 unspecified atom stereocenters. The van der Waals surface area contributed by atoms with Gasteiger partial charge in [0.1, 0.15) is 21.9 Å². The maximum absolute atomic E-state index is 12.7. The number of amides is 1. The van der Waals surface area contributed by atoms with E-state index in [9.17, 15) is 4.79 Å². The number of aromatic nitrogens is 1. The largest absolute Gasteiger partial charge is 0.444 e. The Morgan fingerprint density at radius 1 is 1.43 bits per heavy atom. The first-order valence-electron chi connectivity index (χ1n) is 7.06. The molecule has 0 aromatic carbocycles. The zero-order valence-electron chi connectivity index (χ0n) is 13.8. The molecule has 0 radical (unpaired) electrons. The van der Waals surface area contributed by atoms with Gasteiger partial charge in [-0.1, -0.05) is 0 Å². The van der Waals surface area contributed by atoms with Crippen molar-refractivity contribution in [3.63, 3.8) is 0 Å². The second-order valence-corrected chi connectivity index (χ2v) is 7.98. The molecule has 0 saturated carbocycles. The van der Waals surface area contributed by atoms with Crippen molar-refractivity contribution in [1.82, 2.24) is 9.88 Å². The van der Waals surface area contributed by atoms with Crippen LogP contribution in [0.25, 0.3) is 0 Å². The first-order chi connectivity index (χ1) is 9.46. The van der Waals surface area contributed by atoms with Crippen LogP contribution in [-0.4, -0.2) is 33.9 Å². The molecule has 0 bridgehead atoms. The summed E-state index contributed by atoms with van der Waals surface area (Å²) in [5.41, 5.74) is -0.929. The molecular formula is C15H24N2O3S. The summed E-state index contributed by atoms with van der Waals surface area (Å²) < 4.78 is 11.4. The smallest absolute Gasteiger partial charge is 0.413 e. The highest BCUT2D eigenvalue weighted by atomic mass is 32.1. The van der Waals surface area contributed by atoms with Crippen molar-refractivity contribution in [2.75, 3.05) is 6.61 Å². The van der Waals surface area contributed by atoms with E-state index in [1.54, 1.807) is 16.2 Å². The molecule has 1 amide bonds. The maximum atomic E-state index is 12.7. The van der Waals surface area contributed by atoms with E-state index in [-0.39, 0.29) is 6.09 Å². The fourth-order valence-electron chi connectivity index (χ4n) is 2.53. The first-order valence-corrected chi connectivity index (χ1v) is 7.93. The summed E-state index contributed by atoms with van der Waals surface area (Å²) in [6.07, 6.45) is -0.375. The third-order valence-corrected chi connectivity index (χ3v) is 4.61. The number of aryl methyl sites for hydroxylation is 1. The van der Waals surface area contributed by atoms with Gasteiger partial charge < -0.3 is 9.47 Å². The van der Waals surface area contributed by atoms with Gasteiger partial charge in [0, 0.05) is 11.1 Å². The van der Waals surface area contributed by atoms with Crippen molar-refractivity contribution in [3.8, 4) is 0 Å². The minimum atomic E-state index is -0.726. The predicted molar refractivity (Wildman–Crippen MR) is 82.3 cm³/mol. The zero-order chi connectivity index (χ0) is 16.1. The van der Waals surface area contributed by atoms with Gasteiger partial charge in [0.15, 0.2) is 0 Å². The number of nitrogens with zero attached hydrogens (tertiary/aromatic N) is 2. The number of thiazole rings is 1.